The van der Waals surface area contributed by atoms with Crippen LogP contribution in [0, 0.1) is 0 Å². The summed E-state index contributed by atoms with van der Waals surface area (Å²) in [5, 5.41) is 5.24. The highest BCUT2D eigenvalue weighted by Crippen LogP contribution is 2.33. The van der Waals surface area contributed by atoms with Crippen molar-refractivity contribution in [3.8, 4) is 0 Å². The first-order chi connectivity index (χ1) is 10.3. The summed E-state index contributed by atoms with van der Waals surface area (Å²) in [6, 6.07) is 3.55. The standard InChI is InChI=1S/C14H19N3O4S/c1-4-15-14(19)9(3)17-22(20,21)10-5-6-12-11(7-10)8(2)13(18)16-12/h5-9,17H,4H2,1-3H3,(H,15,19)(H,16,18)/t8-,9-/m1/s1. The van der Waals surface area contributed by atoms with E-state index >= 15 is 0 Å². The van der Waals surface area contributed by atoms with E-state index in [-0.39, 0.29) is 10.8 Å². The molecule has 1 aromatic rings. The zero-order valence-electron chi connectivity index (χ0n) is 12.6. The summed E-state index contributed by atoms with van der Waals surface area (Å²) in [6.45, 7) is 5.37. The van der Waals surface area contributed by atoms with Crippen LogP contribution in [-0.2, 0) is 19.6 Å². The minimum atomic E-state index is -3.84. The Balaban J connectivity index is 2.24. The maximum absolute atomic E-state index is 12.3. The first kappa shape index (κ1) is 16.4. The van der Waals surface area contributed by atoms with Gasteiger partial charge in [-0.15, -0.1) is 0 Å². The molecule has 2 amide bonds. The van der Waals surface area contributed by atoms with Gasteiger partial charge in [0.05, 0.1) is 16.9 Å². The number of carbonyl (C=O) groups excluding carboxylic acids is 2. The Labute approximate surface area is 129 Å². The molecule has 7 nitrogen and oxygen atoms in total. The molecular formula is C14H19N3O4S. The lowest BCUT2D eigenvalue weighted by Crippen LogP contribution is -2.44. The summed E-state index contributed by atoms with van der Waals surface area (Å²) < 4.78 is 27.0. The molecule has 8 heteroatoms. The summed E-state index contributed by atoms with van der Waals surface area (Å²) in [4.78, 5) is 23.3. The zero-order valence-corrected chi connectivity index (χ0v) is 13.5. The fourth-order valence-electron chi connectivity index (χ4n) is 2.24. The van der Waals surface area contributed by atoms with Crippen LogP contribution in [0.15, 0.2) is 23.1 Å². The Kier molecular flexibility index (Phi) is 4.52. The molecule has 0 saturated heterocycles. The van der Waals surface area contributed by atoms with Crippen molar-refractivity contribution in [3.05, 3.63) is 23.8 Å². The maximum Gasteiger partial charge on any atom is 0.241 e. The summed E-state index contributed by atoms with van der Waals surface area (Å²) in [5.41, 5.74) is 1.26. The number of sulfonamides is 1. The Morgan fingerprint density at radius 3 is 2.73 bits per heavy atom. The molecule has 1 aromatic carbocycles. The number of hydrogen-bond acceptors (Lipinski definition) is 4. The number of carbonyl (C=O) groups is 2. The summed E-state index contributed by atoms with van der Waals surface area (Å²) >= 11 is 0. The lowest BCUT2D eigenvalue weighted by atomic mass is 10.0. The summed E-state index contributed by atoms with van der Waals surface area (Å²) in [5.74, 6) is -0.948. The fourth-order valence-corrected chi connectivity index (χ4v) is 3.48. The highest BCUT2D eigenvalue weighted by atomic mass is 32.2. The van der Waals surface area contributed by atoms with Crippen LogP contribution in [0.2, 0.25) is 0 Å². The molecular weight excluding hydrogens is 306 g/mol. The number of likely N-dealkylation sites (N-methyl/N-ethyl adjacent to an activating group) is 1. The third-order valence-electron chi connectivity index (χ3n) is 3.53. The Bertz CT molecular complexity index is 715. The van der Waals surface area contributed by atoms with Gasteiger partial charge in [0, 0.05) is 12.2 Å². The smallest absolute Gasteiger partial charge is 0.241 e. The minimum absolute atomic E-state index is 0.0331. The normalized spacial score (nSPS) is 18.5. The lowest BCUT2D eigenvalue weighted by Gasteiger charge is -2.14. The largest absolute Gasteiger partial charge is 0.355 e. The van der Waals surface area contributed by atoms with Crippen molar-refractivity contribution in [2.45, 2.75) is 37.6 Å². The van der Waals surface area contributed by atoms with Gasteiger partial charge >= 0.3 is 0 Å². The maximum atomic E-state index is 12.3. The first-order valence-electron chi connectivity index (χ1n) is 7.01. The van der Waals surface area contributed by atoms with Crippen LogP contribution >= 0.6 is 0 Å². The average molecular weight is 325 g/mol. The van der Waals surface area contributed by atoms with Crippen LogP contribution in [0.25, 0.3) is 0 Å². The zero-order chi connectivity index (χ0) is 16.5. The van der Waals surface area contributed by atoms with Crippen molar-refractivity contribution in [1.29, 1.82) is 0 Å². The molecule has 1 aliphatic heterocycles. The predicted octanol–water partition coefficient (Wildman–Crippen LogP) is 0.545. The third kappa shape index (κ3) is 3.12. The van der Waals surface area contributed by atoms with Gasteiger partial charge in [-0.05, 0) is 44.5 Å². The van der Waals surface area contributed by atoms with E-state index in [1.807, 2.05) is 0 Å². The molecule has 0 spiro atoms. The molecule has 0 unspecified atom stereocenters. The molecule has 3 N–H and O–H groups in total. The number of nitrogens with one attached hydrogen (secondary N) is 3. The Morgan fingerprint density at radius 1 is 1.41 bits per heavy atom. The van der Waals surface area contributed by atoms with E-state index in [1.165, 1.54) is 19.1 Å². The van der Waals surface area contributed by atoms with Crippen LogP contribution in [-0.4, -0.2) is 32.8 Å². The van der Waals surface area contributed by atoms with Gasteiger partial charge in [0.2, 0.25) is 21.8 Å². The number of anilines is 1. The second-order valence-corrected chi connectivity index (χ2v) is 6.91. The molecule has 1 aliphatic rings. The molecule has 22 heavy (non-hydrogen) atoms. The van der Waals surface area contributed by atoms with Gasteiger partial charge in [0.1, 0.15) is 0 Å². The van der Waals surface area contributed by atoms with Crippen LogP contribution in [0.4, 0.5) is 5.69 Å². The molecule has 0 fully saturated rings. The van der Waals surface area contributed by atoms with E-state index in [9.17, 15) is 18.0 Å². The topological polar surface area (TPSA) is 104 Å². The number of hydrogen-bond donors (Lipinski definition) is 3. The molecule has 2 atom stereocenters. The van der Waals surface area contributed by atoms with E-state index in [0.717, 1.165) is 0 Å². The quantitative estimate of drug-likeness (QED) is 0.735. The second kappa shape index (κ2) is 6.05. The Morgan fingerprint density at radius 2 is 2.09 bits per heavy atom. The van der Waals surface area contributed by atoms with Crippen molar-refractivity contribution < 1.29 is 18.0 Å². The van der Waals surface area contributed by atoms with Crippen molar-refractivity contribution in [2.75, 3.05) is 11.9 Å². The van der Waals surface area contributed by atoms with Crippen molar-refractivity contribution in [2.24, 2.45) is 0 Å². The van der Waals surface area contributed by atoms with Crippen LogP contribution in [0.1, 0.15) is 32.3 Å². The van der Waals surface area contributed by atoms with Gasteiger partial charge in [0.25, 0.3) is 0 Å². The van der Waals surface area contributed by atoms with E-state index < -0.39 is 27.9 Å². The summed E-state index contributed by atoms with van der Waals surface area (Å²) in [7, 11) is -3.84. The number of benzene rings is 1. The van der Waals surface area contributed by atoms with Crippen LogP contribution in [0.3, 0.4) is 0 Å². The van der Waals surface area contributed by atoms with Gasteiger partial charge in [-0.3, -0.25) is 9.59 Å². The first-order valence-corrected chi connectivity index (χ1v) is 8.49. The number of rotatable bonds is 5. The average Bonchev–Trinajstić information content (AvgIpc) is 2.73. The molecule has 0 bridgehead atoms. The molecule has 2 rings (SSSR count). The molecule has 120 valence electrons. The highest BCUT2D eigenvalue weighted by Gasteiger charge is 2.29. The van der Waals surface area contributed by atoms with Gasteiger partial charge in [-0.25, -0.2) is 8.42 Å². The third-order valence-corrected chi connectivity index (χ3v) is 5.07. The van der Waals surface area contributed by atoms with E-state index in [0.29, 0.717) is 17.8 Å². The molecule has 0 aromatic heterocycles. The van der Waals surface area contributed by atoms with Crippen molar-refractivity contribution in [3.63, 3.8) is 0 Å². The van der Waals surface area contributed by atoms with Crippen molar-refractivity contribution in [1.82, 2.24) is 10.0 Å². The number of amides is 2. The predicted molar refractivity (Wildman–Crippen MR) is 82.0 cm³/mol. The van der Waals surface area contributed by atoms with Crippen LogP contribution in [0.5, 0.6) is 0 Å². The van der Waals surface area contributed by atoms with Gasteiger partial charge in [0.15, 0.2) is 0 Å². The van der Waals surface area contributed by atoms with Crippen molar-refractivity contribution >= 4 is 27.5 Å². The highest BCUT2D eigenvalue weighted by molar-refractivity contribution is 7.89. The monoisotopic (exact) mass is 325 g/mol. The van der Waals surface area contributed by atoms with Gasteiger partial charge in [-0.2, -0.15) is 4.72 Å². The summed E-state index contributed by atoms with van der Waals surface area (Å²) in [6.07, 6.45) is 0. The van der Waals surface area contributed by atoms with E-state index in [1.54, 1.807) is 19.9 Å². The minimum Gasteiger partial charge on any atom is -0.355 e. The van der Waals surface area contributed by atoms with Crippen LogP contribution < -0.4 is 15.4 Å². The molecule has 0 saturated carbocycles. The molecule has 0 aliphatic carbocycles. The fraction of sp³-hybridized carbons (Fsp3) is 0.429. The Hall–Kier alpha value is -1.93. The van der Waals surface area contributed by atoms with Gasteiger partial charge < -0.3 is 10.6 Å². The molecule has 0 radical (unpaired) electrons. The SMILES string of the molecule is CCNC(=O)[C@@H](C)NS(=O)(=O)c1ccc2c(c1)[C@@H](C)C(=O)N2. The van der Waals surface area contributed by atoms with E-state index in [2.05, 4.69) is 15.4 Å². The lowest BCUT2D eigenvalue weighted by molar-refractivity contribution is -0.122. The van der Waals surface area contributed by atoms with Gasteiger partial charge in [-0.1, -0.05) is 0 Å². The van der Waals surface area contributed by atoms with E-state index in [4.69, 9.17) is 0 Å². The second-order valence-electron chi connectivity index (χ2n) is 5.20. The molecule has 1 heterocycles. The number of fused-ring (bicyclic) bond motifs is 1.